The number of sulfonamides is 1. The molecule has 0 N–H and O–H groups in total. The Morgan fingerprint density at radius 1 is 1.12 bits per heavy atom. The third-order valence-corrected chi connectivity index (χ3v) is 6.13. The third-order valence-electron chi connectivity index (χ3n) is 4.30. The molecule has 0 radical (unpaired) electrons. The summed E-state index contributed by atoms with van der Waals surface area (Å²) in [5.74, 6) is 0.571. The predicted octanol–water partition coefficient (Wildman–Crippen LogP) is 2.70. The summed E-state index contributed by atoms with van der Waals surface area (Å²) < 4.78 is 32.1. The van der Waals surface area contributed by atoms with E-state index in [0.717, 1.165) is 5.56 Å². The fourth-order valence-corrected chi connectivity index (χ4v) is 4.45. The Bertz CT molecular complexity index is 1040. The maximum Gasteiger partial charge on any atom is 0.259 e. The molecule has 1 saturated heterocycles. The van der Waals surface area contributed by atoms with Crippen LogP contribution in [0.3, 0.4) is 0 Å². The van der Waals surface area contributed by atoms with E-state index in [0.29, 0.717) is 24.0 Å². The van der Waals surface area contributed by atoms with Crippen molar-refractivity contribution >= 4 is 26.9 Å². The van der Waals surface area contributed by atoms with Gasteiger partial charge in [0.15, 0.2) is 0 Å². The third kappa shape index (κ3) is 3.08. The summed E-state index contributed by atoms with van der Waals surface area (Å²) in [7, 11) is -3.39. The van der Waals surface area contributed by atoms with E-state index in [1.165, 1.54) is 4.31 Å². The van der Waals surface area contributed by atoms with Crippen molar-refractivity contribution in [1.82, 2.24) is 15.0 Å². The zero-order valence-corrected chi connectivity index (χ0v) is 15.1. The molecule has 1 aromatic carbocycles. The number of nitrogens with zero attached hydrogens (tertiary/aromatic N) is 4. The van der Waals surface area contributed by atoms with Crippen LogP contribution in [0.15, 0.2) is 48.8 Å². The van der Waals surface area contributed by atoms with Crippen molar-refractivity contribution in [3.8, 4) is 5.88 Å². The minimum Gasteiger partial charge on any atom is -0.467 e. The first-order valence-electron chi connectivity index (χ1n) is 8.38. The van der Waals surface area contributed by atoms with E-state index in [-0.39, 0.29) is 23.6 Å². The van der Waals surface area contributed by atoms with Crippen LogP contribution in [0, 0.1) is 0 Å². The van der Waals surface area contributed by atoms with Crippen LogP contribution in [-0.2, 0) is 10.0 Å². The Labute approximate surface area is 151 Å². The molecule has 134 valence electrons. The first-order chi connectivity index (χ1) is 12.5. The standard InChI is InChI=1S/C18H18N4O3S/c1-13(14-6-4-9-19-12-14)25-18-17(22-10-5-11-26(22,23)24)20-15-7-2-3-8-16(15)21-18/h2-4,6-9,12-13H,5,10-11H2,1H3. The van der Waals surface area contributed by atoms with Gasteiger partial charge >= 0.3 is 0 Å². The SMILES string of the molecule is CC(Oc1nc2ccccc2nc1N1CCCS1(=O)=O)c1cccnc1. The van der Waals surface area contributed by atoms with Crippen molar-refractivity contribution in [3.63, 3.8) is 0 Å². The highest BCUT2D eigenvalue weighted by atomic mass is 32.2. The molecule has 4 rings (SSSR count). The summed E-state index contributed by atoms with van der Waals surface area (Å²) in [4.78, 5) is 13.2. The average molecular weight is 370 g/mol. The van der Waals surface area contributed by atoms with E-state index in [1.54, 1.807) is 12.4 Å². The van der Waals surface area contributed by atoms with Crippen LogP contribution in [-0.4, -0.2) is 35.7 Å². The molecule has 1 aliphatic rings. The number of fused-ring (bicyclic) bond motifs is 1. The maximum absolute atomic E-state index is 12.4. The topological polar surface area (TPSA) is 85.3 Å². The van der Waals surface area contributed by atoms with Gasteiger partial charge in [-0.25, -0.2) is 22.7 Å². The zero-order valence-electron chi connectivity index (χ0n) is 14.2. The number of hydrogen-bond donors (Lipinski definition) is 0. The molecular weight excluding hydrogens is 352 g/mol. The second-order valence-electron chi connectivity index (χ2n) is 6.13. The quantitative estimate of drug-likeness (QED) is 0.702. The lowest BCUT2D eigenvalue weighted by Crippen LogP contribution is -2.27. The van der Waals surface area contributed by atoms with Gasteiger partial charge in [-0.1, -0.05) is 18.2 Å². The fraction of sp³-hybridized carbons (Fsp3) is 0.278. The summed E-state index contributed by atoms with van der Waals surface area (Å²) in [5.41, 5.74) is 2.16. The van der Waals surface area contributed by atoms with Crippen molar-refractivity contribution in [2.45, 2.75) is 19.4 Å². The molecule has 1 atom stereocenters. The van der Waals surface area contributed by atoms with Gasteiger partial charge in [-0.15, -0.1) is 0 Å². The summed E-state index contributed by atoms with van der Waals surface area (Å²) >= 11 is 0. The van der Waals surface area contributed by atoms with E-state index in [2.05, 4.69) is 15.0 Å². The van der Waals surface area contributed by atoms with Gasteiger partial charge in [0.2, 0.25) is 15.8 Å². The highest BCUT2D eigenvalue weighted by Crippen LogP contribution is 2.34. The Morgan fingerprint density at radius 3 is 2.54 bits per heavy atom. The van der Waals surface area contributed by atoms with Crippen molar-refractivity contribution < 1.29 is 13.2 Å². The van der Waals surface area contributed by atoms with Crippen LogP contribution in [0.2, 0.25) is 0 Å². The largest absolute Gasteiger partial charge is 0.467 e. The Kier molecular flexibility index (Phi) is 4.20. The van der Waals surface area contributed by atoms with Gasteiger partial charge in [0.1, 0.15) is 6.10 Å². The number of benzene rings is 1. The highest BCUT2D eigenvalue weighted by molar-refractivity contribution is 7.93. The van der Waals surface area contributed by atoms with Gasteiger partial charge in [-0.05, 0) is 31.5 Å². The predicted molar refractivity (Wildman–Crippen MR) is 98.6 cm³/mol. The number of rotatable bonds is 4. The van der Waals surface area contributed by atoms with Gasteiger partial charge in [0.25, 0.3) is 5.88 Å². The number of pyridine rings is 1. The van der Waals surface area contributed by atoms with Crippen LogP contribution >= 0.6 is 0 Å². The van der Waals surface area contributed by atoms with Gasteiger partial charge in [-0.3, -0.25) is 4.98 Å². The second-order valence-corrected chi connectivity index (χ2v) is 8.14. The molecule has 0 aliphatic carbocycles. The average Bonchev–Trinajstić information content (AvgIpc) is 3.01. The number of ether oxygens (including phenoxy) is 1. The molecule has 0 bridgehead atoms. The van der Waals surface area contributed by atoms with Crippen LogP contribution in [0.4, 0.5) is 5.82 Å². The first kappa shape index (κ1) is 16.7. The minimum atomic E-state index is -3.39. The molecule has 7 nitrogen and oxygen atoms in total. The number of anilines is 1. The number of hydrogen-bond acceptors (Lipinski definition) is 6. The van der Waals surface area contributed by atoms with E-state index in [9.17, 15) is 8.42 Å². The van der Waals surface area contributed by atoms with Crippen molar-refractivity contribution in [1.29, 1.82) is 0 Å². The second kappa shape index (κ2) is 6.53. The lowest BCUT2D eigenvalue weighted by molar-refractivity contribution is 0.218. The van der Waals surface area contributed by atoms with E-state index >= 15 is 0 Å². The fourth-order valence-electron chi connectivity index (χ4n) is 2.95. The minimum absolute atomic E-state index is 0.110. The molecule has 1 unspecified atom stereocenters. The molecule has 8 heteroatoms. The number of para-hydroxylation sites is 2. The van der Waals surface area contributed by atoms with Crippen LogP contribution < -0.4 is 9.04 Å². The van der Waals surface area contributed by atoms with Gasteiger partial charge in [0.05, 0.1) is 16.8 Å². The molecule has 0 saturated carbocycles. The van der Waals surface area contributed by atoms with Crippen molar-refractivity contribution in [2.24, 2.45) is 0 Å². The summed E-state index contributed by atoms with van der Waals surface area (Å²) in [6.45, 7) is 2.25. The molecule has 3 aromatic rings. The van der Waals surface area contributed by atoms with Crippen LogP contribution in [0.25, 0.3) is 11.0 Å². The molecule has 0 amide bonds. The van der Waals surface area contributed by atoms with Crippen molar-refractivity contribution in [2.75, 3.05) is 16.6 Å². The molecule has 26 heavy (non-hydrogen) atoms. The molecule has 1 fully saturated rings. The zero-order chi connectivity index (χ0) is 18.1. The first-order valence-corrected chi connectivity index (χ1v) is 9.99. The Hall–Kier alpha value is -2.74. The molecular formula is C18H18N4O3S. The summed E-state index contributed by atoms with van der Waals surface area (Å²) in [6, 6.07) is 11.1. The smallest absolute Gasteiger partial charge is 0.259 e. The molecule has 0 spiro atoms. The molecule has 3 heterocycles. The van der Waals surface area contributed by atoms with E-state index < -0.39 is 10.0 Å². The maximum atomic E-state index is 12.4. The molecule has 2 aromatic heterocycles. The number of aromatic nitrogens is 3. The Morgan fingerprint density at radius 2 is 1.88 bits per heavy atom. The van der Waals surface area contributed by atoms with Gasteiger partial charge in [0, 0.05) is 24.5 Å². The monoisotopic (exact) mass is 370 g/mol. The Balaban J connectivity index is 1.80. The van der Waals surface area contributed by atoms with Crippen LogP contribution in [0.5, 0.6) is 5.88 Å². The normalized spacial score (nSPS) is 17.3. The summed E-state index contributed by atoms with van der Waals surface area (Å²) in [6.07, 6.45) is 3.62. The van der Waals surface area contributed by atoms with Crippen molar-refractivity contribution in [3.05, 3.63) is 54.4 Å². The van der Waals surface area contributed by atoms with Gasteiger partial charge in [-0.2, -0.15) is 0 Å². The van der Waals surface area contributed by atoms with Crippen LogP contribution in [0.1, 0.15) is 25.0 Å². The summed E-state index contributed by atoms with van der Waals surface area (Å²) in [5, 5.41) is 0. The van der Waals surface area contributed by atoms with Gasteiger partial charge < -0.3 is 4.74 Å². The van der Waals surface area contributed by atoms with E-state index in [4.69, 9.17) is 4.74 Å². The lowest BCUT2D eigenvalue weighted by atomic mass is 10.2. The van der Waals surface area contributed by atoms with E-state index in [1.807, 2.05) is 43.3 Å². The lowest BCUT2D eigenvalue weighted by Gasteiger charge is -2.21. The highest BCUT2D eigenvalue weighted by Gasteiger charge is 2.33. The molecule has 1 aliphatic heterocycles.